The molecule has 3 heteroatoms. The summed E-state index contributed by atoms with van der Waals surface area (Å²) in [6.07, 6.45) is 20.3. The van der Waals surface area contributed by atoms with Crippen LogP contribution in [0.25, 0.3) is 0 Å². The topological polar surface area (TPSA) is 9.23 Å². The molecule has 146 valence electrons. The minimum Gasteiger partial charge on any atom is -0.501 e. The summed E-state index contributed by atoms with van der Waals surface area (Å²) < 4.78 is 10.9. The van der Waals surface area contributed by atoms with Crippen molar-refractivity contribution in [1.29, 1.82) is 0 Å². The Labute approximate surface area is 176 Å². The Kier molecular flexibility index (Phi) is 6.27. The number of allylic oxidation sites excluding steroid dienone is 8. The zero-order valence-electron chi connectivity index (χ0n) is 17.3. The van der Waals surface area contributed by atoms with Crippen molar-refractivity contribution in [3.63, 3.8) is 0 Å². The molecule has 0 bridgehead atoms. The molecule has 0 saturated carbocycles. The minimum absolute atomic E-state index is 0.595. The predicted octanol–water partition coefficient (Wildman–Crippen LogP) is 6.78. The second-order valence-corrected chi connectivity index (χ2v) is 21.1. The monoisotopic (exact) mass is 424 g/mol. The summed E-state index contributed by atoms with van der Waals surface area (Å²) in [5.41, 5.74) is 1.52. The fourth-order valence-electron chi connectivity index (χ4n) is 5.73. The Morgan fingerprint density at radius 1 is 1.00 bits per heavy atom. The zero-order chi connectivity index (χ0) is 19.5. The molecule has 0 amide bonds. The van der Waals surface area contributed by atoms with Crippen LogP contribution >= 0.6 is 0 Å². The van der Waals surface area contributed by atoms with Crippen LogP contribution in [0.3, 0.4) is 0 Å². The van der Waals surface area contributed by atoms with Gasteiger partial charge in [-0.05, 0) is 6.42 Å². The van der Waals surface area contributed by atoms with Crippen LogP contribution in [-0.2, 0) is 18.6 Å². The first-order valence-corrected chi connectivity index (χ1v) is 18.2. The van der Waals surface area contributed by atoms with Gasteiger partial charge in [-0.25, -0.2) is 0 Å². The molecule has 2 saturated heterocycles. The van der Waals surface area contributed by atoms with E-state index in [1.165, 1.54) is 34.8 Å². The van der Waals surface area contributed by atoms with Crippen LogP contribution in [-0.4, -0.2) is 25.9 Å². The molecule has 1 aromatic carbocycles. The molecule has 0 spiro atoms. The molecule has 1 atom stereocenters. The number of hydrogen-bond donors (Lipinski definition) is 0. The van der Waals surface area contributed by atoms with Crippen LogP contribution < -0.4 is 0 Å². The first-order chi connectivity index (χ1) is 13.6. The van der Waals surface area contributed by atoms with Gasteiger partial charge in [0.05, 0.1) is 0 Å². The third-order valence-electron chi connectivity index (χ3n) is 7.60. The van der Waals surface area contributed by atoms with Crippen molar-refractivity contribution in [2.45, 2.75) is 52.1 Å². The molecule has 2 aliphatic carbocycles. The molecule has 1 aromatic rings. The van der Waals surface area contributed by atoms with Crippen LogP contribution in [0.4, 0.5) is 0 Å². The molecule has 2 heterocycles. The zero-order valence-corrected chi connectivity index (χ0v) is 20.0. The van der Waals surface area contributed by atoms with Gasteiger partial charge in [0, 0.05) is 6.61 Å². The van der Waals surface area contributed by atoms with Crippen molar-refractivity contribution in [3.05, 3.63) is 80.1 Å². The van der Waals surface area contributed by atoms with E-state index in [2.05, 4.69) is 72.6 Å². The Morgan fingerprint density at radius 2 is 1.68 bits per heavy atom. The Balaban J connectivity index is 0.000000233. The maximum absolute atomic E-state index is 5.42. The maximum Gasteiger partial charge on any atom is 0.457 e. The summed E-state index contributed by atoms with van der Waals surface area (Å²) in [6.45, 7) is 1.05. The normalized spacial score (nSPS) is 26.5. The summed E-state index contributed by atoms with van der Waals surface area (Å²) in [5.74, 6) is 2.28. The van der Waals surface area contributed by atoms with Crippen LogP contribution in [0, 0.1) is 0 Å². The van der Waals surface area contributed by atoms with Crippen LogP contribution in [0.2, 0.25) is 15.8 Å². The molecular formula is C25H33AlOTi. The molecule has 1 unspecified atom stereocenters. The average Bonchev–Trinajstić information content (AvgIpc) is 3.43. The Hall–Kier alpha value is -0.743. The van der Waals surface area contributed by atoms with E-state index in [0.29, 0.717) is 4.22 Å². The molecule has 2 aliphatic heterocycles. The molecule has 28 heavy (non-hydrogen) atoms. The fraction of sp³-hybridized carbons (Fsp3) is 0.400. The number of benzene rings is 1. The molecule has 4 aliphatic rings. The Bertz CT molecular complexity index is 850. The van der Waals surface area contributed by atoms with Gasteiger partial charge in [-0.1, -0.05) is 17.5 Å². The van der Waals surface area contributed by atoms with E-state index < -0.39 is 29.3 Å². The van der Waals surface area contributed by atoms with Gasteiger partial charge in [-0.3, -0.25) is 0 Å². The molecule has 1 nitrogen and oxygen atoms in total. The van der Waals surface area contributed by atoms with Gasteiger partial charge in [-0.15, -0.1) is 0 Å². The van der Waals surface area contributed by atoms with E-state index in [1.54, 1.807) is 7.76 Å². The number of rotatable bonds is 3. The van der Waals surface area contributed by atoms with Gasteiger partial charge in [-0.2, -0.15) is 0 Å². The third kappa shape index (κ3) is 3.60. The summed E-state index contributed by atoms with van der Waals surface area (Å²) in [7, 11) is 0. The van der Waals surface area contributed by atoms with Crippen molar-refractivity contribution in [3.8, 4) is 0 Å². The fourth-order valence-corrected chi connectivity index (χ4v) is 17.9. The molecule has 0 aromatic heterocycles. The van der Waals surface area contributed by atoms with E-state index in [4.69, 9.17) is 8.61 Å². The molecular weight excluding hydrogens is 391 g/mol. The summed E-state index contributed by atoms with van der Waals surface area (Å²) in [6, 6.07) is 11.1. The quantitative estimate of drug-likeness (QED) is 0.486. The van der Waals surface area contributed by atoms with Gasteiger partial charge >= 0.3 is 142 Å². The van der Waals surface area contributed by atoms with E-state index in [9.17, 15) is 0 Å². The molecule has 0 N–H and O–H groups in total. The maximum atomic E-state index is 5.42. The van der Waals surface area contributed by atoms with E-state index in [-0.39, 0.29) is 0 Å². The SMILES string of the molecule is [CH2]=[Ti]1([C]2=CC=CC2)([C]2=CC=CC2)[CH2]C[CH]1c1ccccc1.[CH3][Al]1[CH2]CCC[O]1. The minimum atomic E-state index is -3.03. The third-order valence-corrected chi connectivity index (χ3v) is 21.6. The summed E-state index contributed by atoms with van der Waals surface area (Å²) in [5, 5.41) is 1.40. The Morgan fingerprint density at radius 3 is 2.07 bits per heavy atom. The van der Waals surface area contributed by atoms with Gasteiger partial charge in [0.1, 0.15) is 0 Å². The van der Waals surface area contributed by atoms with Gasteiger partial charge < -0.3 is 3.79 Å². The number of hydrogen-bond acceptors (Lipinski definition) is 1. The van der Waals surface area contributed by atoms with Crippen molar-refractivity contribution >= 4 is 19.3 Å². The molecule has 2 fully saturated rings. The van der Waals surface area contributed by atoms with Crippen molar-refractivity contribution in [2.24, 2.45) is 0 Å². The van der Waals surface area contributed by atoms with E-state index in [0.717, 1.165) is 19.4 Å². The largest absolute Gasteiger partial charge is 0.501 e. The standard InChI is InChI=1S/C9H10.2C5H5.C4H8O.CH3.CH2.Al.Ti/c1-2-6-9-7-4-3-5-8-9;2*1-2-4-5-3-1;1-2-3-4-5;;;;/h3-8H,1-2H2;2*1-3H,4H2;1-4H2;1H3;1H2;;/q;;;-1;;;+1;. The molecule has 0 radical (unpaired) electrons. The van der Waals surface area contributed by atoms with Crippen molar-refractivity contribution in [2.75, 3.05) is 6.61 Å². The second-order valence-electron chi connectivity index (χ2n) is 9.11. The van der Waals surface area contributed by atoms with Crippen molar-refractivity contribution < 1.29 is 18.6 Å². The smallest absolute Gasteiger partial charge is 0.457 e. The van der Waals surface area contributed by atoms with Crippen LogP contribution in [0.15, 0.2) is 74.5 Å². The first-order valence-electron chi connectivity index (χ1n) is 11.0. The average molecular weight is 424 g/mol. The van der Waals surface area contributed by atoms with Gasteiger partial charge in [0.15, 0.2) is 0 Å². The van der Waals surface area contributed by atoms with Crippen LogP contribution in [0.1, 0.15) is 41.9 Å². The first kappa shape index (κ1) is 20.5. The second kappa shape index (κ2) is 8.55. The summed E-state index contributed by atoms with van der Waals surface area (Å²) in [4.78, 5) is 5.10. The van der Waals surface area contributed by atoms with Gasteiger partial charge in [0.25, 0.3) is 0 Å². The van der Waals surface area contributed by atoms with Crippen LogP contribution in [0.5, 0.6) is 0 Å². The predicted molar refractivity (Wildman–Crippen MR) is 121 cm³/mol. The molecule has 5 rings (SSSR count). The van der Waals surface area contributed by atoms with E-state index in [1.807, 2.05) is 0 Å². The van der Waals surface area contributed by atoms with E-state index >= 15 is 0 Å². The van der Waals surface area contributed by atoms with Gasteiger partial charge in [0.2, 0.25) is 0 Å². The summed E-state index contributed by atoms with van der Waals surface area (Å²) >= 11 is -3.62. The van der Waals surface area contributed by atoms with Crippen molar-refractivity contribution in [1.82, 2.24) is 0 Å².